The zero-order valence-corrected chi connectivity index (χ0v) is 14.0. The summed E-state index contributed by atoms with van der Waals surface area (Å²) in [5, 5.41) is 3.05. The number of rotatable bonds is 5. The fourth-order valence-corrected chi connectivity index (χ4v) is 3.29. The minimum Gasteiger partial charge on any atom is -0.353 e. The quantitative estimate of drug-likeness (QED) is 0.826. The monoisotopic (exact) mass is 329 g/mol. The minimum absolute atomic E-state index is 0.00108. The highest BCUT2D eigenvalue weighted by atomic mass is 16.2. The Labute approximate surface area is 141 Å². The molecule has 1 saturated heterocycles. The van der Waals surface area contributed by atoms with Crippen LogP contribution in [-0.4, -0.2) is 60.2 Å². The summed E-state index contributed by atoms with van der Waals surface area (Å²) in [6.07, 6.45) is 2.77. The molecule has 0 saturated carbocycles. The van der Waals surface area contributed by atoms with Gasteiger partial charge in [-0.1, -0.05) is 12.1 Å². The lowest BCUT2D eigenvalue weighted by Crippen LogP contribution is -2.43. The summed E-state index contributed by atoms with van der Waals surface area (Å²) in [5.41, 5.74) is 0.913. The lowest BCUT2D eigenvalue weighted by molar-refractivity contribution is -0.122. The Hall–Kier alpha value is -2.21. The molecule has 2 aliphatic heterocycles. The molecule has 0 aromatic heterocycles. The molecule has 6 nitrogen and oxygen atoms in total. The van der Waals surface area contributed by atoms with Crippen molar-refractivity contribution in [1.82, 2.24) is 15.1 Å². The van der Waals surface area contributed by atoms with Crippen molar-refractivity contribution < 1.29 is 14.4 Å². The van der Waals surface area contributed by atoms with Gasteiger partial charge in [0.05, 0.1) is 11.1 Å². The number of nitrogens with zero attached hydrogens (tertiary/aromatic N) is 2. The summed E-state index contributed by atoms with van der Waals surface area (Å²) >= 11 is 0. The van der Waals surface area contributed by atoms with Gasteiger partial charge in [-0.05, 0) is 51.5 Å². The van der Waals surface area contributed by atoms with Gasteiger partial charge in [-0.2, -0.15) is 0 Å². The van der Waals surface area contributed by atoms with Crippen molar-refractivity contribution in [3.63, 3.8) is 0 Å². The molecule has 0 atom stereocenters. The van der Waals surface area contributed by atoms with E-state index in [1.165, 1.54) is 4.90 Å². The van der Waals surface area contributed by atoms with Gasteiger partial charge in [-0.15, -0.1) is 0 Å². The second kappa shape index (κ2) is 7.13. The molecule has 128 valence electrons. The Morgan fingerprint density at radius 2 is 1.71 bits per heavy atom. The fourth-order valence-electron chi connectivity index (χ4n) is 3.29. The first kappa shape index (κ1) is 16.6. The van der Waals surface area contributed by atoms with E-state index in [9.17, 15) is 14.4 Å². The number of hydrogen-bond donors (Lipinski definition) is 1. The van der Waals surface area contributed by atoms with E-state index in [1.54, 1.807) is 24.3 Å². The van der Waals surface area contributed by atoms with Crippen LogP contribution >= 0.6 is 0 Å². The summed E-state index contributed by atoms with van der Waals surface area (Å²) in [5.74, 6) is -0.515. The molecule has 2 heterocycles. The number of nitrogens with one attached hydrogen (secondary N) is 1. The highest BCUT2D eigenvalue weighted by molar-refractivity contribution is 6.21. The van der Waals surface area contributed by atoms with E-state index < -0.39 is 0 Å². The van der Waals surface area contributed by atoms with Crippen LogP contribution in [0.5, 0.6) is 0 Å². The van der Waals surface area contributed by atoms with Gasteiger partial charge >= 0.3 is 0 Å². The fraction of sp³-hybridized carbons (Fsp3) is 0.500. The predicted octanol–water partition coefficient (Wildman–Crippen LogP) is 1.27. The Bertz CT molecular complexity index is 616. The minimum atomic E-state index is -0.258. The second-order valence-corrected chi connectivity index (χ2v) is 6.56. The van der Waals surface area contributed by atoms with Crippen LogP contribution in [0.4, 0.5) is 0 Å². The molecule has 1 fully saturated rings. The van der Waals surface area contributed by atoms with Crippen molar-refractivity contribution in [2.24, 2.45) is 0 Å². The van der Waals surface area contributed by atoms with E-state index in [0.29, 0.717) is 24.0 Å². The standard InChI is InChI=1S/C18H23N3O3/c1-20-11-8-13(9-12-20)19-16(22)7-4-10-21-17(23)14-5-2-3-6-15(14)18(21)24/h2-3,5-6,13H,4,7-12H2,1H3,(H,19,22). The van der Waals surface area contributed by atoms with Crippen molar-refractivity contribution >= 4 is 17.7 Å². The molecule has 0 radical (unpaired) electrons. The summed E-state index contributed by atoms with van der Waals surface area (Å²) < 4.78 is 0. The van der Waals surface area contributed by atoms with E-state index in [-0.39, 0.29) is 30.3 Å². The molecule has 0 unspecified atom stereocenters. The molecule has 0 spiro atoms. The number of amides is 3. The van der Waals surface area contributed by atoms with Gasteiger partial charge in [0.2, 0.25) is 5.91 Å². The van der Waals surface area contributed by atoms with Crippen molar-refractivity contribution in [3.05, 3.63) is 35.4 Å². The molecule has 3 rings (SSSR count). The van der Waals surface area contributed by atoms with Gasteiger partial charge < -0.3 is 10.2 Å². The zero-order valence-electron chi connectivity index (χ0n) is 14.0. The summed E-state index contributed by atoms with van der Waals surface area (Å²) in [4.78, 5) is 40.0. The summed E-state index contributed by atoms with van der Waals surface area (Å²) in [7, 11) is 2.08. The molecule has 24 heavy (non-hydrogen) atoms. The first-order valence-electron chi connectivity index (χ1n) is 8.49. The topological polar surface area (TPSA) is 69.7 Å². The van der Waals surface area contributed by atoms with E-state index in [1.807, 2.05) is 0 Å². The lowest BCUT2D eigenvalue weighted by Gasteiger charge is -2.29. The van der Waals surface area contributed by atoms with Crippen LogP contribution in [0.1, 0.15) is 46.4 Å². The Morgan fingerprint density at radius 3 is 2.29 bits per heavy atom. The summed E-state index contributed by atoms with van der Waals surface area (Å²) in [6.45, 7) is 2.28. The third-order valence-electron chi connectivity index (χ3n) is 4.75. The number of piperidine rings is 1. The van der Waals surface area contributed by atoms with E-state index in [0.717, 1.165) is 25.9 Å². The van der Waals surface area contributed by atoms with Gasteiger partial charge in [0.1, 0.15) is 0 Å². The number of benzene rings is 1. The van der Waals surface area contributed by atoms with Crippen LogP contribution in [0.25, 0.3) is 0 Å². The Balaban J connectivity index is 1.45. The molecular formula is C18H23N3O3. The largest absolute Gasteiger partial charge is 0.353 e. The third kappa shape index (κ3) is 3.48. The van der Waals surface area contributed by atoms with Crippen LogP contribution in [0.15, 0.2) is 24.3 Å². The highest BCUT2D eigenvalue weighted by Crippen LogP contribution is 2.22. The van der Waals surface area contributed by atoms with Crippen molar-refractivity contribution in [3.8, 4) is 0 Å². The maximum absolute atomic E-state index is 12.2. The maximum atomic E-state index is 12.2. The number of carbonyl (C=O) groups excluding carboxylic acids is 3. The zero-order chi connectivity index (χ0) is 17.1. The van der Waals surface area contributed by atoms with Gasteiger partial charge in [0.25, 0.3) is 11.8 Å². The third-order valence-corrected chi connectivity index (χ3v) is 4.75. The molecule has 0 bridgehead atoms. The first-order valence-corrected chi connectivity index (χ1v) is 8.49. The maximum Gasteiger partial charge on any atom is 0.261 e. The van der Waals surface area contributed by atoms with E-state index in [4.69, 9.17) is 0 Å². The van der Waals surface area contributed by atoms with Gasteiger partial charge in [0, 0.05) is 19.0 Å². The van der Waals surface area contributed by atoms with Crippen molar-refractivity contribution in [1.29, 1.82) is 0 Å². The summed E-state index contributed by atoms with van der Waals surface area (Å²) in [6, 6.07) is 7.09. The van der Waals surface area contributed by atoms with E-state index >= 15 is 0 Å². The van der Waals surface area contributed by atoms with Gasteiger partial charge in [-0.25, -0.2) is 0 Å². The van der Waals surface area contributed by atoms with Crippen LogP contribution < -0.4 is 5.32 Å². The Kier molecular flexibility index (Phi) is 4.94. The molecule has 3 amide bonds. The number of likely N-dealkylation sites (tertiary alicyclic amines) is 1. The number of carbonyl (C=O) groups is 3. The van der Waals surface area contributed by atoms with Crippen LogP contribution in [0.3, 0.4) is 0 Å². The molecule has 6 heteroatoms. The van der Waals surface area contributed by atoms with Crippen molar-refractivity contribution in [2.45, 2.75) is 31.7 Å². The second-order valence-electron chi connectivity index (χ2n) is 6.56. The number of fused-ring (bicyclic) bond motifs is 1. The Morgan fingerprint density at radius 1 is 1.12 bits per heavy atom. The molecule has 1 aromatic carbocycles. The predicted molar refractivity (Wildman–Crippen MR) is 89.7 cm³/mol. The molecule has 1 aromatic rings. The highest BCUT2D eigenvalue weighted by Gasteiger charge is 2.34. The number of hydrogen-bond acceptors (Lipinski definition) is 4. The normalized spacial score (nSPS) is 18.8. The van der Waals surface area contributed by atoms with Crippen molar-refractivity contribution in [2.75, 3.05) is 26.7 Å². The molecule has 0 aliphatic carbocycles. The average molecular weight is 329 g/mol. The van der Waals surface area contributed by atoms with Crippen LogP contribution in [-0.2, 0) is 4.79 Å². The SMILES string of the molecule is CN1CCC(NC(=O)CCCN2C(=O)c3ccccc3C2=O)CC1. The molecule has 1 N–H and O–H groups in total. The molecule has 2 aliphatic rings. The van der Waals surface area contributed by atoms with Gasteiger partial charge in [-0.3, -0.25) is 19.3 Å². The number of imide groups is 1. The van der Waals surface area contributed by atoms with Crippen LogP contribution in [0, 0.1) is 0 Å². The smallest absolute Gasteiger partial charge is 0.261 e. The van der Waals surface area contributed by atoms with E-state index in [2.05, 4.69) is 17.3 Å². The van der Waals surface area contributed by atoms with Gasteiger partial charge in [0.15, 0.2) is 0 Å². The first-order chi connectivity index (χ1) is 11.6. The van der Waals surface area contributed by atoms with Crippen LogP contribution in [0.2, 0.25) is 0 Å². The average Bonchev–Trinajstić information content (AvgIpc) is 2.82. The molecular weight excluding hydrogens is 306 g/mol. The lowest BCUT2D eigenvalue weighted by atomic mass is 10.1.